The number of anilines is 3. The normalized spacial score (nSPS) is 14.4. The van der Waals surface area contributed by atoms with Crippen LogP contribution in [0.15, 0.2) is 53.7 Å². The zero-order valence-electron chi connectivity index (χ0n) is 13.7. The first-order chi connectivity index (χ1) is 11.9. The van der Waals surface area contributed by atoms with Crippen LogP contribution in [-0.4, -0.2) is 30.4 Å². The van der Waals surface area contributed by atoms with Crippen molar-refractivity contribution in [3.63, 3.8) is 0 Å². The van der Waals surface area contributed by atoms with Crippen LogP contribution in [0.3, 0.4) is 0 Å². The van der Waals surface area contributed by atoms with Crippen LogP contribution in [0.25, 0.3) is 0 Å². The lowest BCUT2D eigenvalue weighted by Gasteiger charge is -2.07. The summed E-state index contributed by atoms with van der Waals surface area (Å²) in [5.41, 5.74) is 1.32. The Hall–Kier alpha value is -2.74. The van der Waals surface area contributed by atoms with Gasteiger partial charge in [0.05, 0.1) is 4.90 Å². The van der Waals surface area contributed by atoms with Gasteiger partial charge in [0.15, 0.2) is 9.84 Å². The predicted octanol–water partition coefficient (Wildman–Crippen LogP) is 2.98. The van der Waals surface area contributed by atoms with Crippen LogP contribution >= 0.6 is 0 Å². The summed E-state index contributed by atoms with van der Waals surface area (Å²) in [5.74, 6) is 1.41. The Balaban J connectivity index is 1.64. The van der Waals surface area contributed by atoms with Crippen LogP contribution in [0.4, 0.5) is 17.5 Å². The second-order valence-electron chi connectivity index (χ2n) is 5.89. The fourth-order valence-electron chi connectivity index (χ4n) is 2.16. The average Bonchev–Trinajstić information content (AvgIpc) is 3.40. The molecule has 3 N–H and O–H groups in total. The van der Waals surface area contributed by atoms with Gasteiger partial charge >= 0.3 is 0 Å². The van der Waals surface area contributed by atoms with Gasteiger partial charge in [-0.2, -0.15) is 4.98 Å². The standard InChI is InChI=1S/C17H19N5O2S/c1-25(23,24)14-6-4-13(5-7-14)21-17-20-11-9-16(22-17)19-10-8-15(18)12-2-3-12/h4-12,18H,2-3H2,1H3,(H2,19,20,21,22)/b10-8+,18-15?. The van der Waals surface area contributed by atoms with Crippen molar-refractivity contribution < 1.29 is 8.42 Å². The molecule has 130 valence electrons. The predicted molar refractivity (Wildman–Crippen MR) is 98.1 cm³/mol. The molecule has 0 unspecified atom stereocenters. The van der Waals surface area contributed by atoms with Crippen molar-refractivity contribution in [1.29, 1.82) is 5.41 Å². The van der Waals surface area contributed by atoms with Crippen LogP contribution in [0.5, 0.6) is 0 Å². The van der Waals surface area contributed by atoms with E-state index in [1.165, 1.54) is 18.4 Å². The summed E-state index contributed by atoms with van der Waals surface area (Å²) in [6, 6.07) is 8.12. The molecular weight excluding hydrogens is 338 g/mol. The maximum absolute atomic E-state index is 11.5. The van der Waals surface area contributed by atoms with E-state index in [1.54, 1.807) is 36.7 Å². The fraction of sp³-hybridized carbons (Fsp3) is 0.235. The molecule has 1 aliphatic carbocycles. The first-order valence-corrected chi connectivity index (χ1v) is 9.73. The molecule has 1 aromatic carbocycles. The molecule has 0 radical (unpaired) electrons. The molecule has 1 aliphatic rings. The lowest BCUT2D eigenvalue weighted by Crippen LogP contribution is -2.01. The van der Waals surface area contributed by atoms with E-state index in [9.17, 15) is 8.42 Å². The van der Waals surface area contributed by atoms with Crippen molar-refractivity contribution in [2.24, 2.45) is 5.92 Å². The van der Waals surface area contributed by atoms with E-state index in [0.717, 1.165) is 12.8 Å². The Bertz CT molecular complexity index is 903. The SMILES string of the molecule is CS(=O)(=O)c1ccc(Nc2nccc(N/C=C/C(=N)C3CC3)n2)cc1. The van der Waals surface area contributed by atoms with Crippen LogP contribution in [-0.2, 0) is 9.84 Å². The molecule has 0 spiro atoms. The molecule has 0 aliphatic heterocycles. The molecule has 3 rings (SSSR count). The highest BCUT2D eigenvalue weighted by molar-refractivity contribution is 7.90. The molecule has 0 saturated heterocycles. The molecule has 0 atom stereocenters. The van der Waals surface area contributed by atoms with Gasteiger partial charge in [0.25, 0.3) is 0 Å². The summed E-state index contributed by atoms with van der Waals surface area (Å²) in [6.45, 7) is 0. The van der Waals surface area contributed by atoms with Crippen LogP contribution in [0, 0.1) is 11.3 Å². The quantitative estimate of drug-likeness (QED) is 0.658. The molecule has 1 fully saturated rings. The highest BCUT2D eigenvalue weighted by atomic mass is 32.2. The largest absolute Gasteiger partial charge is 0.346 e. The Morgan fingerprint density at radius 1 is 1.24 bits per heavy atom. The number of benzene rings is 1. The number of nitrogens with one attached hydrogen (secondary N) is 3. The second-order valence-corrected chi connectivity index (χ2v) is 7.91. The second kappa shape index (κ2) is 7.02. The Kier molecular flexibility index (Phi) is 4.80. The van der Waals surface area contributed by atoms with Crippen molar-refractivity contribution in [1.82, 2.24) is 9.97 Å². The van der Waals surface area contributed by atoms with Crippen molar-refractivity contribution in [3.8, 4) is 0 Å². The topological polar surface area (TPSA) is 108 Å². The van der Waals surface area contributed by atoms with Crippen molar-refractivity contribution in [2.75, 3.05) is 16.9 Å². The monoisotopic (exact) mass is 357 g/mol. The van der Waals surface area contributed by atoms with E-state index >= 15 is 0 Å². The van der Waals surface area contributed by atoms with E-state index in [-0.39, 0.29) is 4.90 Å². The Morgan fingerprint density at radius 2 is 1.96 bits per heavy atom. The number of allylic oxidation sites excluding steroid dienone is 1. The smallest absolute Gasteiger partial charge is 0.229 e. The number of hydrogen-bond acceptors (Lipinski definition) is 7. The zero-order chi connectivity index (χ0) is 17.9. The summed E-state index contributed by atoms with van der Waals surface area (Å²) in [7, 11) is -3.21. The van der Waals surface area contributed by atoms with Crippen LogP contribution in [0.2, 0.25) is 0 Å². The number of hydrogen-bond donors (Lipinski definition) is 3. The molecule has 0 amide bonds. The Morgan fingerprint density at radius 3 is 2.60 bits per heavy atom. The van der Waals surface area contributed by atoms with Gasteiger partial charge in [0, 0.05) is 36.0 Å². The maximum atomic E-state index is 11.5. The van der Waals surface area contributed by atoms with Crippen molar-refractivity contribution >= 4 is 33.0 Å². The molecule has 8 heteroatoms. The van der Waals surface area contributed by atoms with Gasteiger partial charge < -0.3 is 16.0 Å². The lowest BCUT2D eigenvalue weighted by molar-refractivity contribution is 0.602. The molecule has 2 aromatic rings. The highest BCUT2D eigenvalue weighted by Crippen LogP contribution is 2.30. The minimum absolute atomic E-state index is 0.262. The summed E-state index contributed by atoms with van der Waals surface area (Å²) in [4.78, 5) is 8.73. The third kappa shape index (κ3) is 4.87. The van der Waals surface area contributed by atoms with Crippen LogP contribution in [0.1, 0.15) is 12.8 Å². The third-order valence-corrected chi connectivity index (χ3v) is 4.83. The van der Waals surface area contributed by atoms with Gasteiger partial charge in [-0.1, -0.05) is 0 Å². The van der Waals surface area contributed by atoms with Gasteiger partial charge in [-0.25, -0.2) is 13.4 Å². The first-order valence-electron chi connectivity index (χ1n) is 7.83. The summed E-state index contributed by atoms with van der Waals surface area (Å²) in [5, 5.41) is 13.9. The maximum Gasteiger partial charge on any atom is 0.229 e. The fourth-order valence-corrected chi connectivity index (χ4v) is 2.79. The van der Waals surface area contributed by atoms with E-state index in [0.29, 0.717) is 29.1 Å². The van der Waals surface area contributed by atoms with E-state index in [4.69, 9.17) is 5.41 Å². The third-order valence-electron chi connectivity index (χ3n) is 3.71. The van der Waals surface area contributed by atoms with Crippen molar-refractivity contribution in [2.45, 2.75) is 17.7 Å². The molecule has 25 heavy (non-hydrogen) atoms. The number of rotatable bonds is 7. The summed E-state index contributed by atoms with van der Waals surface area (Å²) in [6.07, 6.45) is 8.43. The van der Waals surface area contributed by atoms with Crippen molar-refractivity contribution in [3.05, 3.63) is 48.8 Å². The van der Waals surface area contributed by atoms with Gasteiger partial charge in [-0.05, 0) is 49.2 Å². The number of aromatic nitrogens is 2. The van der Waals surface area contributed by atoms with E-state index < -0.39 is 9.84 Å². The molecule has 1 heterocycles. The average molecular weight is 357 g/mol. The van der Waals surface area contributed by atoms with Gasteiger partial charge in [-0.15, -0.1) is 0 Å². The molecule has 0 bridgehead atoms. The molecule has 1 aromatic heterocycles. The summed E-state index contributed by atoms with van der Waals surface area (Å²) < 4.78 is 22.9. The number of sulfone groups is 1. The van der Waals surface area contributed by atoms with Gasteiger partial charge in [0.1, 0.15) is 5.82 Å². The molecule has 7 nitrogen and oxygen atoms in total. The summed E-state index contributed by atoms with van der Waals surface area (Å²) >= 11 is 0. The Labute approximate surface area is 146 Å². The van der Waals surface area contributed by atoms with E-state index in [1.807, 2.05) is 0 Å². The first kappa shape index (κ1) is 17.1. The molecular formula is C17H19N5O2S. The lowest BCUT2D eigenvalue weighted by atomic mass is 10.2. The van der Waals surface area contributed by atoms with Crippen LogP contribution < -0.4 is 10.6 Å². The molecule has 1 saturated carbocycles. The van der Waals surface area contributed by atoms with Gasteiger partial charge in [-0.3, -0.25) is 0 Å². The van der Waals surface area contributed by atoms with Gasteiger partial charge in [0.2, 0.25) is 5.95 Å². The highest BCUT2D eigenvalue weighted by Gasteiger charge is 2.24. The number of nitrogens with zero attached hydrogens (tertiary/aromatic N) is 2. The van der Waals surface area contributed by atoms with E-state index in [2.05, 4.69) is 20.6 Å². The minimum Gasteiger partial charge on any atom is -0.346 e. The zero-order valence-corrected chi connectivity index (χ0v) is 14.5. The minimum atomic E-state index is -3.21.